The lowest BCUT2D eigenvalue weighted by Crippen LogP contribution is -2.16. The number of nitrogens with one attached hydrogen (secondary N) is 2. The molecule has 0 fully saturated rings. The normalized spacial score (nSPS) is 10.1. The highest BCUT2D eigenvalue weighted by Gasteiger charge is 2.16. The molecule has 3 aromatic rings. The molecule has 0 saturated heterocycles. The summed E-state index contributed by atoms with van der Waals surface area (Å²) in [6.45, 7) is 1.41. The van der Waals surface area contributed by atoms with Gasteiger partial charge in [0.2, 0.25) is 5.91 Å². The molecule has 27 heavy (non-hydrogen) atoms. The fourth-order valence-electron chi connectivity index (χ4n) is 2.33. The van der Waals surface area contributed by atoms with Crippen LogP contribution in [0.4, 0.5) is 11.4 Å². The maximum Gasteiger partial charge on any atom is 0.345 e. The Morgan fingerprint density at radius 2 is 1.67 bits per heavy atom. The average molecular weight is 380 g/mol. The smallest absolute Gasteiger partial charge is 0.345 e. The van der Waals surface area contributed by atoms with Crippen molar-refractivity contribution < 1.29 is 19.1 Å². The highest BCUT2D eigenvalue weighted by Crippen LogP contribution is 2.21. The van der Waals surface area contributed by atoms with Crippen molar-refractivity contribution in [1.29, 1.82) is 0 Å². The van der Waals surface area contributed by atoms with E-state index in [4.69, 9.17) is 4.74 Å². The van der Waals surface area contributed by atoms with E-state index in [0.717, 1.165) is 0 Å². The van der Waals surface area contributed by atoms with Gasteiger partial charge >= 0.3 is 5.97 Å². The molecule has 0 bridgehead atoms. The zero-order chi connectivity index (χ0) is 19.2. The Balaban J connectivity index is 1.73. The summed E-state index contributed by atoms with van der Waals surface area (Å²) in [4.78, 5) is 35.8. The third-order valence-corrected chi connectivity index (χ3v) is 4.25. The van der Waals surface area contributed by atoms with E-state index in [1.807, 2.05) is 0 Å². The summed E-state index contributed by atoms with van der Waals surface area (Å²) < 4.78 is 5.37. The van der Waals surface area contributed by atoms with Crippen LogP contribution < -0.4 is 15.4 Å². The van der Waals surface area contributed by atoms with Gasteiger partial charge in [0, 0.05) is 18.0 Å². The molecule has 2 aromatic carbocycles. The average Bonchev–Trinajstić information content (AvgIpc) is 3.18. The summed E-state index contributed by atoms with van der Waals surface area (Å²) in [5.74, 6) is -0.747. The van der Waals surface area contributed by atoms with Gasteiger partial charge < -0.3 is 15.4 Å². The molecule has 1 heterocycles. The first-order chi connectivity index (χ1) is 13.0. The molecule has 2 N–H and O–H groups in total. The van der Waals surface area contributed by atoms with Crippen molar-refractivity contribution in [3.8, 4) is 5.75 Å². The summed E-state index contributed by atoms with van der Waals surface area (Å²) >= 11 is 1.42. The maximum atomic E-state index is 12.5. The minimum Gasteiger partial charge on any atom is -0.423 e. The van der Waals surface area contributed by atoms with E-state index in [-0.39, 0.29) is 17.4 Å². The highest BCUT2D eigenvalue weighted by molar-refractivity contribution is 7.08. The van der Waals surface area contributed by atoms with Gasteiger partial charge in [0.25, 0.3) is 5.91 Å². The van der Waals surface area contributed by atoms with Crippen LogP contribution in [-0.4, -0.2) is 17.8 Å². The standard InChI is InChI=1S/C20H16N2O4S/c1-13(23)21-15-6-8-16(9-7-15)26-20(25)17-4-2-3-5-18(17)22-19(24)14-10-11-27-12-14/h2-12H,1H3,(H,21,23)(H,22,24). The minimum absolute atomic E-state index is 0.185. The van der Waals surface area contributed by atoms with Crippen LogP contribution in [-0.2, 0) is 4.79 Å². The van der Waals surface area contributed by atoms with Crippen molar-refractivity contribution in [1.82, 2.24) is 0 Å². The molecule has 1 aromatic heterocycles. The zero-order valence-electron chi connectivity index (χ0n) is 14.4. The predicted molar refractivity (Wildman–Crippen MR) is 104 cm³/mol. The lowest BCUT2D eigenvalue weighted by atomic mass is 10.1. The van der Waals surface area contributed by atoms with Crippen LogP contribution in [0.25, 0.3) is 0 Å². The molecular formula is C20H16N2O4S. The van der Waals surface area contributed by atoms with Crippen molar-refractivity contribution in [3.05, 3.63) is 76.5 Å². The molecule has 0 unspecified atom stereocenters. The Hall–Kier alpha value is -3.45. The molecule has 2 amide bonds. The summed E-state index contributed by atoms with van der Waals surface area (Å²) in [5.41, 5.74) is 1.74. The molecular weight excluding hydrogens is 364 g/mol. The number of esters is 1. The molecule has 0 aliphatic heterocycles. The van der Waals surface area contributed by atoms with E-state index in [1.165, 1.54) is 18.3 Å². The first kappa shape index (κ1) is 18.3. The van der Waals surface area contributed by atoms with E-state index < -0.39 is 5.97 Å². The van der Waals surface area contributed by atoms with Crippen molar-refractivity contribution in [3.63, 3.8) is 0 Å². The SMILES string of the molecule is CC(=O)Nc1ccc(OC(=O)c2ccccc2NC(=O)c2ccsc2)cc1. The van der Waals surface area contributed by atoms with Crippen LogP contribution in [0.5, 0.6) is 5.75 Å². The van der Waals surface area contributed by atoms with Gasteiger partial charge in [-0.2, -0.15) is 11.3 Å². The molecule has 0 radical (unpaired) electrons. The van der Waals surface area contributed by atoms with Crippen molar-refractivity contribution in [2.75, 3.05) is 10.6 Å². The summed E-state index contributed by atoms with van der Waals surface area (Å²) in [5, 5.41) is 8.90. The second kappa shape index (κ2) is 8.29. The number of carbonyl (C=O) groups is 3. The van der Waals surface area contributed by atoms with Gasteiger partial charge in [-0.25, -0.2) is 4.79 Å². The lowest BCUT2D eigenvalue weighted by molar-refractivity contribution is -0.114. The first-order valence-corrected chi connectivity index (χ1v) is 8.99. The monoisotopic (exact) mass is 380 g/mol. The van der Waals surface area contributed by atoms with Gasteiger partial charge in [0.1, 0.15) is 5.75 Å². The Bertz CT molecular complexity index is 966. The van der Waals surface area contributed by atoms with Gasteiger partial charge in [-0.3, -0.25) is 9.59 Å². The molecule has 7 heteroatoms. The lowest BCUT2D eigenvalue weighted by Gasteiger charge is -2.11. The second-order valence-electron chi connectivity index (χ2n) is 5.61. The van der Waals surface area contributed by atoms with E-state index in [0.29, 0.717) is 22.7 Å². The summed E-state index contributed by atoms with van der Waals surface area (Å²) in [7, 11) is 0. The Kier molecular flexibility index (Phi) is 5.63. The number of hydrogen-bond acceptors (Lipinski definition) is 5. The number of anilines is 2. The topological polar surface area (TPSA) is 84.5 Å². The summed E-state index contributed by atoms with van der Waals surface area (Å²) in [6.07, 6.45) is 0. The predicted octanol–water partition coefficient (Wildman–Crippen LogP) is 4.18. The van der Waals surface area contributed by atoms with E-state index in [9.17, 15) is 14.4 Å². The first-order valence-electron chi connectivity index (χ1n) is 8.05. The number of hydrogen-bond donors (Lipinski definition) is 2. The van der Waals surface area contributed by atoms with Gasteiger partial charge in [-0.05, 0) is 47.8 Å². The second-order valence-corrected chi connectivity index (χ2v) is 6.39. The molecule has 0 aliphatic rings. The molecule has 3 rings (SSSR count). The number of benzene rings is 2. The zero-order valence-corrected chi connectivity index (χ0v) is 15.2. The maximum absolute atomic E-state index is 12.5. The van der Waals surface area contributed by atoms with Crippen LogP contribution >= 0.6 is 11.3 Å². The number of rotatable bonds is 5. The molecule has 0 spiro atoms. The van der Waals surface area contributed by atoms with Crippen molar-refractivity contribution in [2.45, 2.75) is 6.92 Å². The Morgan fingerprint density at radius 3 is 2.33 bits per heavy atom. The Morgan fingerprint density at radius 1 is 0.926 bits per heavy atom. The van der Waals surface area contributed by atoms with Gasteiger partial charge in [-0.1, -0.05) is 12.1 Å². The fourth-order valence-corrected chi connectivity index (χ4v) is 2.97. The van der Waals surface area contributed by atoms with E-state index >= 15 is 0 Å². The van der Waals surface area contributed by atoms with Crippen molar-refractivity contribution >= 4 is 40.5 Å². The van der Waals surface area contributed by atoms with E-state index in [2.05, 4.69) is 10.6 Å². The quantitative estimate of drug-likeness (QED) is 0.514. The number of para-hydroxylation sites is 1. The van der Waals surface area contributed by atoms with Crippen molar-refractivity contribution in [2.24, 2.45) is 0 Å². The van der Waals surface area contributed by atoms with Crippen LogP contribution in [0.3, 0.4) is 0 Å². The molecule has 0 aliphatic carbocycles. The highest BCUT2D eigenvalue weighted by atomic mass is 32.1. The molecule has 0 atom stereocenters. The van der Waals surface area contributed by atoms with Gasteiger partial charge in [-0.15, -0.1) is 0 Å². The van der Waals surface area contributed by atoms with Crippen LogP contribution in [0.2, 0.25) is 0 Å². The Labute approximate surface area is 159 Å². The number of amides is 2. The third kappa shape index (κ3) is 4.80. The van der Waals surface area contributed by atoms with E-state index in [1.54, 1.807) is 65.4 Å². The van der Waals surface area contributed by atoms with Crippen LogP contribution in [0.1, 0.15) is 27.6 Å². The van der Waals surface area contributed by atoms with Gasteiger partial charge in [0.05, 0.1) is 16.8 Å². The largest absolute Gasteiger partial charge is 0.423 e. The fraction of sp³-hybridized carbons (Fsp3) is 0.0500. The van der Waals surface area contributed by atoms with Crippen LogP contribution in [0, 0.1) is 0 Å². The third-order valence-electron chi connectivity index (χ3n) is 3.56. The summed E-state index contributed by atoms with van der Waals surface area (Å²) in [6, 6.07) is 14.8. The molecule has 136 valence electrons. The number of thiophene rings is 1. The molecule has 0 saturated carbocycles. The minimum atomic E-state index is -0.594. The van der Waals surface area contributed by atoms with Gasteiger partial charge in [0.15, 0.2) is 0 Å². The molecule has 6 nitrogen and oxygen atoms in total. The number of carbonyl (C=O) groups excluding carboxylic acids is 3. The van der Waals surface area contributed by atoms with Crippen LogP contribution in [0.15, 0.2) is 65.4 Å². The number of ether oxygens (including phenoxy) is 1.